The van der Waals surface area contributed by atoms with Crippen LogP contribution in [-0.4, -0.2) is 9.19 Å². The van der Waals surface area contributed by atoms with E-state index < -0.39 is 10.8 Å². The van der Waals surface area contributed by atoms with Gasteiger partial charge in [-0.2, -0.15) is 0 Å². The Kier molecular flexibility index (Phi) is 4.94. The molecule has 0 aliphatic carbocycles. The minimum atomic E-state index is -1.03. The molecule has 0 aliphatic heterocycles. The van der Waals surface area contributed by atoms with Gasteiger partial charge in [0.05, 0.1) is 22.0 Å². The molecule has 0 bridgehead atoms. The Bertz CT molecular complexity index is 827. The summed E-state index contributed by atoms with van der Waals surface area (Å²) in [6, 6.07) is 15.4. The Morgan fingerprint density at radius 2 is 1.83 bits per heavy atom. The van der Waals surface area contributed by atoms with Crippen molar-refractivity contribution in [3.63, 3.8) is 0 Å². The summed E-state index contributed by atoms with van der Waals surface area (Å²) in [5.74, 6) is 1.33. The Hall–Kier alpha value is -1.91. The number of rotatable bonds is 5. The average molecular weight is 346 g/mol. The molecular formula is C18H16ClNO2S. The van der Waals surface area contributed by atoms with Crippen LogP contribution in [0, 0.1) is 6.92 Å². The summed E-state index contributed by atoms with van der Waals surface area (Å²) in [4.78, 5) is 4.39. The Labute approximate surface area is 142 Å². The molecule has 1 atom stereocenters. The fourth-order valence-electron chi connectivity index (χ4n) is 2.22. The van der Waals surface area contributed by atoms with Crippen molar-refractivity contribution in [1.82, 2.24) is 4.98 Å². The van der Waals surface area contributed by atoms with Gasteiger partial charge in [0.1, 0.15) is 6.26 Å². The number of aryl methyl sites for hydroxylation is 1. The summed E-state index contributed by atoms with van der Waals surface area (Å²) in [6.45, 7) is 2.03. The Morgan fingerprint density at radius 1 is 1.09 bits per heavy atom. The summed E-state index contributed by atoms with van der Waals surface area (Å²) >= 11 is 6.13. The predicted molar refractivity (Wildman–Crippen MR) is 93.7 cm³/mol. The van der Waals surface area contributed by atoms with Gasteiger partial charge in [-0.05, 0) is 24.6 Å². The van der Waals surface area contributed by atoms with Gasteiger partial charge in [-0.3, -0.25) is 4.21 Å². The molecule has 0 spiro atoms. The minimum Gasteiger partial charge on any atom is -0.444 e. The molecule has 0 radical (unpaired) electrons. The third-order valence-electron chi connectivity index (χ3n) is 3.41. The Balaban J connectivity index is 1.68. The van der Waals surface area contributed by atoms with Gasteiger partial charge in [0.2, 0.25) is 5.89 Å². The average Bonchev–Trinajstić information content (AvgIpc) is 2.98. The van der Waals surface area contributed by atoms with Crippen LogP contribution >= 0.6 is 11.6 Å². The highest BCUT2D eigenvalue weighted by Gasteiger charge is 2.12. The van der Waals surface area contributed by atoms with E-state index in [1.165, 1.54) is 5.56 Å². The molecule has 23 heavy (non-hydrogen) atoms. The fraction of sp³-hybridized carbons (Fsp3) is 0.167. The molecular weight excluding hydrogens is 330 g/mol. The van der Waals surface area contributed by atoms with Crippen molar-refractivity contribution in [3.05, 3.63) is 76.6 Å². The molecule has 0 unspecified atom stereocenters. The van der Waals surface area contributed by atoms with Crippen LogP contribution in [-0.2, 0) is 22.3 Å². The lowest BCUT2D eigenvalue weighted by molar-refractivity contribution is 0.573. The normalized spacial score (nSPS) is 12.3. The highest BCUT2D eigenvalue weighted by Crippen LogP contribution is 2.27. The minimum absolute atomic E-state index is 0.363. The molecule has 0 saturated carbocycles. The van der Waals surface area contributed by atoms with E-state index in [0.29, 0.717) is 28.1 Å². The largest absolute Gasteiger partial charge is 0.444 e. The van der Waals surface area contributed by atoms with E-state index in [0.717, 1.165) is 11.1 Å². The zero-order chi connectivity index (χ0) is 16.2. The number of oxazole rings is 1. The smallest absolute Gasteiger partial charge is 0.227 e. The zero-order valence-corrected chi connectivity index (χ0v) is 14.2. The first-order chi connectivity index (χ1) is 11.1. The first-order valence-corrected chi connectivity index (χ1v) is 9.08. The van der Waals surface area contributed by atoms with Gasteiger partial charge < -0.3 is 4.42 Å². The lowest BCUT2D eigenvalue weighted by Crippen LogP contribution is -2.00. The van der Waals surface area contributed by atoms with Crippen LogP contribution < -0.4 is 0 Å². The van der Waals surface area contributed by atoms with Crippen LogP contribution in [0.5, 0.6) is 0 Å². The van der Waals surface area contributed by atoms with Crippen LogP contribution in [0.25, 0.3) is 11.5 Å². The van der Waals surface area contributed by atoms with Gasteiger partial charge in [-0.15, -0.1) is 0 Å². The van der Waals surface area contributed by atoms with Gasteiger partial charge in [-0.25, -0.2) is 4.98 Å². The number of nitrogens with zero attached hydrogens (tertiary/aromatic N) is 1. The molecule has 1 heterocycles. The Morgan fingerprint density at radius 3 is 2.57 bits per heavy atom. The maximum atomic E-state index is 12.3. The zero-order valence-electron chi connectivity index (χ0n) is 12.7. The number of benzene rings is 2. The molecule has 0 saturated heterocycles. The van der Waals surface area contributed by atoms with E-state index in [1.807, 2.05) is 49.4 Å². The first kappa shape index (κ1) is 16.0. The fourth-order valence-corrected chi connectivity index (χ4v) is 3.56. The molecule has 0 aliphatic rings. The highest BCUT2D eigenvalue weighted by atomic mass is 35.5. The highest BCUT2D eigenvalue weighted by molar-refractivity contribution is 7.83. The van der Waals surface area contributed by atoms with Crippen LogP contribution in [0.1, 0.15) is 16.8 Å². The number of hydrogen-bond acceptors (Lipinski definition) is 3. The second-order valence-electron chi connectivity index (χ2n) is 5.34. The summed E-state index contributed by atoms with van der Waals surface area (Å²) in [6.07, 6.45) is 1.55. The molecule has 1 aromatic heterocycles. The summed E-state index contributed by atoms with van der Waals surface area (Å²) in [5, 5.41) is 0.585. The summed E-state index contributed by atoms with van der Waals surface area (Å²) in [5.41, 5.74) is 3.67. The van der Waals surface area contributed by atoms with Crippen molar-refractivity contribution in [1.29, 1.82) is 0 Å². The van der Waals surface area contributed by atoms with E-state index in [9.17, 15) is 4.21 Å². The molecule has 3 rings (SSSR count). The molecule has 118 valence electrons. The van der Waals surface area contributed by atoms with Gasteiger partial charge in [0.25, 0.3) is 0 Å². The van der Waals surface area contributed by atoms with Gasteiger partial charge in [0, 0.05) is 16.6 Å². The van der Waals surface area contributed by atoms with Gasteiger partial charge in [-0.1, -0.05) is 53.6 Å². The summed E-state index contributed by atoms with van der Waals surface area (Å²) in [7, 11) is -1.03. The van der Waals surface area contributed by atoms with E-state index in [-0.39, 0.29) is 0 Å². The van der Waals surface area contributed by atoms with E-state index in [2.05, 4.69) is 4.98 Å². The van der Waals surface area contributed by atoms with Gasteiger partial charge >= 0.3 is 0 Å². The van der Waals surface area contributed by atoms with Gasteiger partial charge in [0.15, 0.2) is 0 Å². The quantitative estimate of drug-likeness (QED) is 0.670. The van der Waals surface area contributed by atoms with Crippen molar-refractivity contribution in [2.24, 2.45) is 0 Å². The van der Waals surface area contributed by atoms with E-state index >= 15 is 0 Å². The molecule has 5 heteroatoms. The number of aromatic nitrogens is 1. The van der Waals surface area contributed by atoms with Crippen molar-refractivity contribution < 1.29 is 8.63 Å². The molecule has 0 fully saturated rings. The lowest BCUT2D eigenvalue weighted by Gasteiger charge is -2.01. The number of halogens is 1. The molecule has 0 amide bonds. The molecule has 3 aromatic rings. The first-order valence-electron chi connectivity index (χ1n) is 7.21. The lowest BCUT2D eigenvalue weighted by atomic mass is 10.2. The standard InChI is InChI=1S/C18H16ClNO2S/c1-13-6-8-14(9-7-13)11-23(21)12-15-10-22-18(20-15)16-4-2-3-5-17(16)19/h2-10H,11-12H2,1H3/t23-/m0/s1. The molecule has 0 N–H and O–H groups in total. The predicted octanol–water partition coefficient (Wildman–Crippen LogP) is 4.75. The monoisotopic (exact) mass is 345 g/mol. The van der Waals surface area contributed by atoms with Crippen LogP contribution in [0.3, 0.4) is 0 Å². The second kappa shape index (κ2) is 7.11. The van der Waals surface area contributed by atoms with Crippen LogP contribution in [0.2, 0.25) is 5.02 Å². The SMILES string of the molecule is Cc1ccc(C[S@](=O)Cc2coc(-c3ccccc3Cl)n2)cc1. The maximum absolute atomic E-state index is 12.3. The molecule has 2 aromatic carbocycles. The third kappa shape index (κ3) is 4.09. The van der Waals surface area contributed by atoms with Crippen molar-refractivity contribution >= 4 is 22.4 Å². The van der Waals surface area contributed by atoms with Crippen molar-refractivity contribution in [2.75, 3.05) is 0 Å². The molecule has 3 nitrogen and oxygen atoms in total. The van der Waals surface area contributed by atoms with Crippen LogP contribution in [0.4, 0.5) is 0 Å². The van der Waals surface area contributed by atoms with E-state index in [4.69, 9.17) is 16.0 Å². The number of hydrogen-bond donors (Lipinski definition) is 0. The second-order valence-corrected chi connectivity index (χ2v) is 7.20. The maximum Gasteiger partial charge on any atom is 0.227 e. The van der Waals surface area contributed by atoms with Crippen molar-refractivity contribution in [2.45, 2.75) is 18.4 Å². The van der Waals surface area contributed by atoms with Crippen molar-refractivity contribution in [3.8, 4) is 11.5 Å². The van der Waals surface area contributed by atoms with E-state index in [1.54, 1.807) is 12.3 Å². The third-order valence-corrected chi connectivity index (χ3v) is 5.02. The van der Waals surface area contributed by atoms with Crippen LogP contribution in [0.15, 0.2) is 59.2 Å². The topological polar surface area (TPSA) is 43.1 Å². The summed E-state index contributed by atoms with van der Waals surface area (Å²) < 4.78 is 17.8.